The first kappa shape index (κ1) is 16.9. The third kappa shape index (κ3) is 3.66. The number of halogens is 1. The molecule has 0 fully saturated rings. The Morgan fingerprint density at radius 2 is 1.87 bits per heavy atom. The van der Waals surface area contributed by atoms with Gasteiger partial charge in [0.1, 0.15) is 16.5 Å². The number of hydrogen-bond donors (Lipinski definition) is 2. The molecule has 0 atom stereocenters. The maximum Gasteiger partial charge on any atom is 0.255 e. The lowest BCUT2D eigenvalue weighted by Crippen LogP contribution is -2.20. The van der Waals surface area contributed by atoms with Gasteiger partial charge in [-0.05, 0) is 37.4 Å². The Hall–Kier alpha value is -2.45. The normalized spacial score (nSPS) is 11.1. The molecule has 0 aromatic heterocycles. The van der Waals surface area contributed by atoms with E-state index in [-0.39, 0.29) is 21.9 Å². The molecule has 2 aromatic rings. The Morgan fingerprint density at radius 1 is 1.17 bits per heavy atom. The van der Waals surface area contributed by atoms with Gasteiger partial charge >= 0.3 is 0 Å². The number of nitrogens with one attached hydrogen (secondary N) is 2. The predicted octanol–water partition coefficient (Wildman–Crippen LogP) is 1.99. The highest BCUT2D eigenvalue weighted by Crippen LogP contribution is 2.25. The number of carbonyl (C=O) groups excluding carboxylic acids is 1. The molecule has 0 unspecified atom stereocenters. The Kier molecular flexibility index (Phi) is 4.97. The molecule has 0 aliphatic carbocycles. The monoisotopic (exact) mass is 338 g/mol. The molecule has 0 heterocycles. The van der Waals surface area contributed by atoms with Crippen molar-refractivity contribution in [3.05, 3.63) is 53.8 Å². The molecule has 6 nitrogen and oxygen atoms in total. The van der Waals surface area contributed by atoms with Crippen molar-refractivity contribution in [1.82, 2.24) is 4.72 Å². The number of ether oxygens (including phenoxy) is 1. The number of sulfonamides is 1. The molecule has 0 saturated heterocycles. The minimum Gasteiger partial charge on any atom is -0.495 e. The van der Waals surface area contributed by atoms with Gasteiger partial charge in [-0.15, -0.1) is 0 Å². The second-order valence-corrected chi connectivity index (χ2v) is 6.36. The van der Waals surface area contributed by atoms with E-state index in [1.54, 1.807) is 6.07 Å². The van der Waals surface area contributed by atoms with E-state index in [1.165, 1.54) is 50.6 Å². The van der Waals surface area contributed by atoms with Gasteiger partial charge in [0, 0.05) is 5.56 Å². The van der Waals surface area contributed by atoms with Crippen LogP contribution < -0.4 is 14.8 Å². The van der Waals surface area contributed by atoms with Crippen molar-refractivity contribution in [3.8, 4) is 5.75 Å². The summed E-state index contributed by atoms with van der Waals surface area (Å²) < 4.78 is 44.7. The predicted molar refractivity (Wildman–Crippen MR) is 83.6 cm³/mol. The molecule has 0 aliphatic heterocycles. The molecule has 0 spiro atoms. The van der Waals surface area contributed by atoms with Gasteiger partial charge in [-0.1, -0.05) is 12.1 Å². The lowest BCUT2D eigenvalue weighted by atomic mass is 10.2. The Morgan fingerprint density at radius 3 is 2.48 bits per heavy atom. The number of anilines is 1. The van der Waals surface area contributed by atoms with E-state index in [9.17, 15) is 17.6 Å². The first-order valence-corrected chi connectivity index (χ1v) is 8.05. The van der Waals surface area contributed by atoms with Crippen LogP contribution >= 0.6 is 0 Å². The fourth-order valence-corrected chi connectivity index (χ4v) is 2.81. The fourth-order valence-electron chi connectivity index (χ4n) is 1.89. The number of hydrogen-bond acceptors (Lipinski definition) is 4. The summed E-state index contributed by atoms with van der Waals surface area (Å²) in [5.74, 6) is -1.12. The summed E-state index contributed by atoms with van der Waals surface area (Å²) in [6.07, 6.45) is 0. The molecular weight excluding hydrogens is 323 g/mol. The van der Waals surface area contributed by atoms with E-state index < -0.39 is 21.7 Å². The molecule has 122 valence electrons. The quantitative estimate of drug-likeness (QED) is 0.873. The van der Waals surface area contributed by atoms with Gasteiger partial charge in [0.15, 0.2) is 0 Å². The van der Waals surface area contributed by atoms with Crippen molar-refractivity contribution in [2.24, 2.45) is 0 Å². The van der Waals surface area contributed by atoms with E-state index in [0.29, 0.717) is 0 Å². The Labute approximate surface area is 133 Å². The van der Waals surface area contributed by atoms with Crippen LogP contribution in [0.25, 0.3) is 0 Å². The Bertz CT molecular complexity index is 837. The largest absolute Gasteiger partial charge is 0.495 e. The zero-order valence-electron chi connectivity index (χ0n) is 12.5. The van der Waals surface area contributed by atoms with E-state index in [4.69, 9.17) is 4.74 Å². The first-order valence-electron chi connectivity index (χ1n) is 6.56. The number of rotatable bonds is 5. The molecule has 23 heavy (non-hydrogen) atoms. The number of benzene rings is 2. The lowest BCUT2D eigenvalue weighted by molar-refractivity contribution is 0.102. The SMILES string of the molecule is CNS(=O)(=O)c1cc(C(=O)Nc2ccccc2F)ccc1OC. The maximum atomic E-state index is 13.6. The van der Waals surface area contributed by atoms with Crippen LogP contribution in [0.1, 0.15) is 10.4 Å². The highest BCUT2D eigenvalue weighted by molar-refractivity contribution is 7.89. The van der Waals surface area contributed by atoms with Crippen molar-refractivity contribution in [2.45, 2.75) is 4.90 Å². The molecule has 8 heteroatoms. The molecule has 0 saturated carbocycles. The van der Waals surface area contributed by atoms with Crippen LogP contribution in [-0.2, 0) is 10.0 Å². The number of carbonyl (C=O) groups is 1. The average molecular weight is 338 g/mol. The topological polar surface area (TPSA) is 84.5 Å². The third-order valence-corrected chi connectivity index (χ3v) is 4.54. The fraction of sp³-hybridized carbons (Fsp3) is 0.133. The summed E-state index contributed by atoms with van der Waals surface area (Å²) in [5, 5.41) is 2.39. The zero-order valence-corrected chi connectivity index (χ0v) is 13.3. The van der Waals surface area contributed by atoms with Crippen LogP contribution in [0.3, 0.4) is 0 Å². The molecular formula is C15H15FN2O4S. The number of methoxy groups -OCH3 is 1. The lowest BCUT2D eigenvalue weighted by Gasteiger charge is -2.11. The summed E-state index contributed by atoms with van der Waals surface area (Å²) in [5.41, 5.74) is 0.0641. The van der Waals surface area contributed by atoms with Gasteiger partial charge in [0.25, 0.3) is 5.91 Å². The van der Waals surface area contributed by atoms with Crippen molar-refractivity contribution >= 4 is 21.6 Å². The number of para-hydroxylation sites is 1. The van der Waals surface area contributed by atoms with Crippen molar-refractivity contribution in [2.75, 3.05) is 19.5 Å². The van der Waals surface area contributed by atoms with Crippen LogP contribution in [-0.4, -0.2) is 28.5 Å². The second kappa shape index (κ2) is 6.76. The summed E-state index contributed by atoms with van der Waals surface area (Å²) in [6.45, 7) is 0. The number of amides is 1. The third-order valence-electron chi connectivity index (χ3n) is 3.11. The summed E-state index contributed by atoms with van der Waals surface area (Å²) in [6, 6.07) is 9.60. The van der Waals surface area contributed by atoms with E-state index >= 15 is 0 Å². The highest BCUT2D eigenvalue weighted by Gasteiger charge is 2.20. The van der Waals surface area contributed by atoms with Crippen LogP contribution in [0.15, 0.2) is 47.4 Å². The van der Waals surface area contributed by atoms with Gasteiger partial charge < -0.3 is 10.1 Å². The molecule has 2 rings (SSSR count). The van der Waals surface area contributed by atoms with Gasteiger partial charge in [-0.3, -0.25) is 4.79 Å². The molecule has 0 aliphatic rings. The molecule has 0 radical (unpaired) electrons. The van der Waals surface area contributed by atoms with Crippen LogP contribution in [0.4, 0.5) is 10.1 Å². The van der Waals surface area contributed by atoms with Gasteiger partial charge in [-0.2, -0.15) is 0 Å². The maximum absolute atomic E-state index is 13.6. The molecule has 2 N–H and O–H groups in total. The second-order valence-electron chi connectivity index (χ2n) is 4.51. The Balaban J connectivity index is 2.39. The minimum absolute atomic E-state index is 0.00587. The van der Waals surface area contributed by atoms with Crippen LogP contribution in [0, 0.1) is 5.82 Å². The smallest absolute Gasteiger partial charge is 0.255 e. The first-order chi connectivity index (χ1) is 10.9. The average Bonchev–Trinajstić information content (AvgIpc) is 2.56. The van der Waals surface area contributed by atoms with Crippen LogP contribution in [0.5, 0.6) is 5.75 Å². The van der Waals surface area contributed by atoms with E-state index in [0.717, 1.165) is 0 Å². The minimum atomic E-state index is -3.81. The standard InChI is InChI=1S/C15H15FN2O4S/c1-17-23(20,21)14-9-10(7-8-13(14)22-2)15(19)18-12-6-4-3-5-11(12)16/h3-9,17H,1-2H3,(H,18,19). The van der Waals surface area contributed by atoms with Gasteiger partial charge in [0.05, 0.1) is 12.8 Å². The summed E-state index contributed by atoms with van der Waals surface area (Å²) in [7, 11) is -1.23. The van der Waals surface area contributed by atoms with Gasteiger partial charge in [0.2, 0.25) is 10.0 Å². The summed E-state index contributed by atoms with van der Waals surface area (Å²) >= 11 is 0. The van der Waals surface area contributed by atoms with Crippen molar-refractivity contribution in [3.63, 3.8) is 0 Å². The molecule has 2 aromatic carbocycles. The summed E-state index contributed by atoms with van der Waals surface area (Å²) in [4.78, 5) is 12.0. The van der Waals surface area contributed by atoms with Crippen LogP contribution in [0.2, 0.25) is 0 Å². The zero-order chi connectivity index (χ0) is 17.0. The highest BCUT2D eigenvalue weighted by atomic mass is 32.2. The van der Waals surface area contributed by atoms with Gasteiger partial charge in [-0.25, -0.2) is 17.5 Å². The van der Waals surface area contributed by atoms with E-state index in [1.807, 2.05) is 0 Å². The molecule has 0 bridgehead atoms. The van der Waals surface area contributed by atoms with Crippen molar-refractivity contribution < 1.29 is 22.3 Å². The van der Waals surface area contributed by atoms with E-state index in [2.05, 4.69) is 10.0 Å². The van der Waals surface area contributed by atoms with Crippen molar-refractivity contribution in [1.29, 1.82) is 0 Å². The molecule has 1 amide bonds.